The molecule has 0 radical (unpaired) electrons. The van der Waals surface area contributed by atoms with Gasteiger partial charge in [-0.1, -0.05) is 12.1 Å². The van der Waals surface area contributed by atoms with E-state index < -0.39 is 5.69 Å². The molecule has 2 heterocycles. The Hall–Kier alpha value is -3.68. The third-order valence-electron chi connectivity index (χ3n) is 5.65. The molecule has 0 aliphatic heterocycles. The van der Waals surface area contributed by atoms with Crippen LogP contribution in [0.25, 0.3) is 0 Å². The van der Waals surface area contributed by atoms with Gasteiger partial charge in [0.15, 0.2) is 0 Å². The summed E-state index contributed by atoms with van der Waals surface area (Å²) < 4.78 is 1.17. The number of aromatic amines is 1. The Morgan fingerprint density at radius 1 is 1.09 bits per heavy atom. The first-order valence-electron chi connectivity index (χ1n) is 11.0. The van der Waals surface area contributed by atoms with E-state index in [2.05, 4.69) is 32.7 Å². The van der Waals surface area contributed by atoms with Gasteiger partial charge in [0.05, 0.1) is 0 Å². The molecule has 3 N–H and O–H groups in total. The van der Waals surface area contributed by atoms with E-state index >= 15 is 0 Å². The quantitative estimate of drug-likeness (QED) is 0.450. The Labute approximate surface area is 185 Å². The summed E-state index contributed by atoms with van der Waals surface area (Å²) in [5.41, 5.74) is 3.66. The molecule has 1 aliphatic carbocycles. The van der Waals surface area contributed by atoms with Crippen LogP contribution in [-0.2, 0) is 30.7 Å². The lowest BCUT2D eigenvalue weighted by Gasteiger charge is -2.10. The van der Waals surface area contributed by atoms with Gasteiger partial charge < -0.3 is 10.6 Å². The molecule has 2 aromatic heterocycles. The standard InChI is InChI=1S/C24H27N5O3/c30-22(26-16-17-5-4-11-25-15-17)8-1-2-12-29-23(31)14-21(28-24(29)32)27-20-10-9-18-6-3-7-19(18)13-20/h4-5,9-11,13-15,27H,1-3,6-8,12,16H2,(H,26,30)(H,28,32). The zero-order valence-corrected chi connectivity index (χ0v) is 17.9. The van der Waals surface area contributed by atoms with Crippen molar-refractivity contribution in [2.24, 2.45) is 0 Å². The summed E-state index contributed by atoms with van der Waals surface area (Å²) in [7, 11) is 0. The van der Waals surface area contributed by atoms with Crippen molar-refractivity contribution < 1.29 is 4.79 Å². The Morgan fingerprint density at radius 3 is 2.78 bits per heavy atom. The monoisotopic (exact) mass is 433 g/mol. The molecule has 0 unspecified atom stereocenters. The fourth-order valence-electron chi connectivity index (χ4n) is 3.95. The Morgan fingerprint density at radius 2 is 1.97 bits per heavy atom. The summed E-state index contributed by atoms with van der Waals surface area (Å²) in [4.78, 5) is 43.6. The van der Waals surface area contributed by atoms with Gasteiger partial charge >= 0.3 is 5.69 Å². The van der Waals surface area contributed by atoms with Crippen molar-refractivity contribution in [3.05, 3.63) is 86.3 Å². The van der Waals surface area contributed by atoms with Crippen molar-refractivity contribution in [3.63, 3.8) is 0 Å². The predicted octanol–water partition coefficient (Wildman–Crippen LogP) is 2.65. The summed E-state index contributed by atoms with van der Waals surface area (Å²) in [6.07, 6.45) is 8.20. The van der Waals surface area contributed by atoms with Crippen LogP contribution in [0.2, 0.25) is 0 Å². The zero-order valence-electron chi connectivity index (χ0n) is 17.9. The molecular formula is C24H27N5O3. The van der Waals surface area contributed by atoms with E-state index in [1.807, 2.05) is 18.2 Å². The Bertz CT molecular complexity index is 1170. The average molecular weight is 434 g/mol. The molecule has 0 atom stereocenters. The minimum absolute atomic E-state index is 0.0657. The van der Waals surface area contributed by atoms with Crippen molar-refractivity contribution in [2.75, 3.05) is 5.32 Å². The van der Waals surface area contributed by atoms with E-state index in [9.17, 15) is 14.4 Å². The molecule has 3 aromatic rings. The number of carbonyl (C=O) groups excluding carboxylic acids is 1. The lowest BCUT2D eigenvalue weighted by Crippen LogP contribution is -2.35. The molecule has 0 saturated heterocycles. The molecule has 4 rings (SSSR count). The van der Waals surface area contributed by atoms with Crippen LogP contribution in [0.5, 0.6) is 0 Å². The first-order chi connectivity index (χ1) is 15.6. The van der Waals surface area contributed by atoms with Crippen molar-refractivity contribution >= 4 is 17.4 Å². The topological polar surface area (TPSA) is 109 Å². The van der Waals surface area contributed by atoms with Crippen LogP contribution < -0.4 is 21.9 Å². The maximum atomic E-state index is 12.4. The number of nitrogens with zero attached hydrogens (tertiary/aromatic N) is 2. The maximum absolute atomic E-state index is 12.4. The van der Waals surface area contributed by atoms with Gasteiger partial charge in [0.25, 0.3) is 5.56 Å². The number of amides is 1. The van der Waals surface area contributed by atoms with Crippen LogP contribution in [0.15, 0.2) is 58.4 Å². The number of aryl methyl sites for hydroxylation is 2. The van der Waals surface area contributed by atoms with Crippen molar-refractivity contribution in [3.8, 4) is 0 Å². The van der Waals surface area contributed by atoms with Crippen molar-refractivity contribution in [1.29, 1.82) is 0 Å². The second kappa shape index (κ2) is 10.1. The highest BCUT2D eigenvalue weighted by Crippen LogP contribution is 2.25. The van der Waals surface area contributed by atoms with Crippen LogP contribution in [-0.4, -0.2) is 20.4 Å². The average Bonchev–Trinajstić information content (AvgIpc) is 3.25. The minimum atomic E-state index is -0.456. The molecule has 0 saturated carbocycles. The predicted molar refractivity (Wildman–Crippen MR) is 123 cm³/mol. The summed E-state index contributed by atoms with van der Waals surface area (Å²) in [6, 6.07) is 11.3. The van der Waals surface area contributed by atoms with Gasteiger partial charge in [0.2, 0.25) is 5.91 Å². The number of carbonyl (C=O) groups is 1. The number of H-pyrrole nitrogens is 1. The number of aromatic nitrogens is 3. The third-order valence-corrected chi connectivity index (χ3v) is 5.65. The van der Waals surface area contributed by atoms with E-state index in [1.165, 1.54) is 21.8 Å². The lowest BCUT2D eigenvalue weighted by molar-refractivity contribution is -0.121. The highest BCUT2D eigenvalue weighted by molar-refractivity contribution is 5.75. The van der Waals surface area contributed by atoms with Gasteiger partial charge in [-0.2, -0.15) is 0 Å². The summed E-state index contributed by atoms with van der Waals surface area (Å²) in [6.45, 7) is 0.702. The second-order valence-corrected chi connectivity index (χ2v) is 8.04. The number of anilines is 2. The first kappa shape index (κ1) is 21.5. The second-order valence-electron chi connectivity index (χ2n) is 8.04. The summed E-state index contributed by atoms with van der Waals surface area (Å²) in [5, 5.41) is 5.97. The first-order valence-corrected chi connectivity index (χ1v) is 11.0. The third kappa shape index (κ3) is 5.51. The molecule has 0 bridgehead atoms. The zero-order chi connectivity index (χ0) is 22.3. The fourth-order valence-corrected chi connectivity index (χ4v) is 3.95. The van der Waals surface area contributed by atoms with Gasteiger partial charge in [-0.25, -0.2) is 4.79 Å². The number of fused-ring (bicyclic) bond motifs is 1. The maximum Gasteiger partial charge on any atom is 0.329 e. The van der Waals surface area contributed by atoms with E-state index in [0.717, 1.165) is 30.5 Å². The van der Waals surface area contributed by atoms with Crippen molar-refractivity contribution in [2.45, 2.75) is 51.6 Å². The molecule has 32 heavy (non-hydrogen) atoms. The smallest absolute Gasteiger partial charge is 0.329 e. The molecule has 1 amide bonds. The van der Waals surface area contributed by atoms with Crippen molar-refractivity contribution in [1.82, 2.24) is 19.9 Å². The highest BCUT2D eigenvalue weighted by Gasteiger charge is 2.11. The summed E-state index contributed by atoms with van der Waals surface area (Å²) in [5.74, 6) is 0.313. The molecule has 166 valence electrons. The molecule has 8 heteroatoms. The number of hydrogen-bond donors (Lipinski definition) is 3. The number of pyridine rings is 1. The molecule has 1 aliphatic rings. The van der Waals surface area contributed by atoms with Gasteiger partial charge in [-0.3, -0.25) is 24.1 Å². The van der Waals surface area contributed by atoms with Crippen LogP contribution >= 0.6 is 0 Å². The normalized spacial score (nSPS) is 12.4. The van der Waals surface area contributed by atoms with Gasteiger partial charge in [-0.05, 0) is 67.0 Å². The number of hydrogen-bond acceptors (Lipinski definition) is 5. The van der Waals surface area contributed by atoms with E-state index in [4.69, 9.17) is 0 Å². The SMILES string of the molecule is O=C(CCCCn1c(=O)cc(Nc2ccc3c(c2)CCC3)[nH]c1=O)NCc1cccnc1. The lowest BCUT2D eigenvalue weighted by atomic mass is 10.1. The van der Waals surface area contributed by atoms with Crippen LogP contribution in [0.4, 0.5) is 11.5 Å². The van der Waals surface area contributed by atoms with Gasteiger partial charge in [-0.15, -0.1) is 0 Å². The van der Waals surface area contributed by atoms with E-state index in [0.29, 0.717) is 31.6 Å². The Balaban J connectivity index is 1.26. The van der Waals surface area contributed by atoms with Gasteiger partial charge in [0.1, 0.15) is 5.82 Å². The molecular weight excluding hydrogens is 406 g/mol. The molecule has 0 fully saturated rings. The van der Waals surface area contributed by atoms with Gasteiger partial charge in [0, 0.05) is 43.7 Å². The van der Waals surface area contributed by atoms with Crippen LogP contribution in [0.1, 0.15) is 42.4 Å². The number of benzene rings is 1. The molecule has 8 nitrogen and oxygen atoms in total. The van der Waals surface area contributed by atoms with Crippen LogP contribution in [0.3, 0.4) is 0 Å². The van der Waals surface area contributed by atoms with E-state index in [1.54, 1.807) is 12.4 Å². The minimum Gasteiger partial charge on any atom is -0.352 e. The number of nitrogens with one attached hydrogen (secondary N) is 3. The largest absolute Gasteiger partial charge is 0.352 e. The van der Waals surface area contributed by atoms with Crippen LogP contribution in [0, 0.1) is 0 Å². The highest BCUT2D eigenvalue weighted by atomic mass is 16.2. The number of rotatable bonds is 9. The molecule has 0 spiro atoms. The fraction of sp³-hybridized carbons (Fsp3) is 0.333. The Kier molecular flexibility index (Phi) is 6.79. The molecule has 1 aromatic carbocycles. The number of unbranched alkanes of at least 4 members (excludes halogenated alkanes) is 1. The summed E-state index contributed by atoms with van der Waals surface area (Å²) >= 11 is 0. The van der Waals surface area contributed by atoms with E-state index in [-0.39, 0.29) is 18.0 Å².